The largest absolute Gasteiger partial charge is 0.529 e. The van der Waals surface area contributed by atoms with Gasteiger partial charge in [-0.25, -0.2) is 0 Å². The molecule has 8 heteroatoms. The van der Waals surface area contributed by atoms with Crippen LogP contribution in [0.3, 0.4) is 0 Å². The second kappa shape index (κ2) is 9.41. The predicted molar refractivity (Wildman–Crippen MR) is 107 cm³/mol. The average molecular weight is 397 g/mol. The Morgan fingerprint density at radius 1 is 0.792 bits per heavy atom. The minimum Gasteiger partial charge on any atom is -0.412 e. The number of rotatable bonds is 12. The highest BCUT2D eigenvalue weighted by atomic mass is 28.4. The summed E-state index contributed by atoms with van der Waals surface area (Å²) in [5.41, 5.74) is -0.179. The molecule has 0 heterocycles. The van der Waals surface area contributed by atoms with E-state index in [0.717, 1.165) is 19.3 Å². The molecule has 0 saturated heterocycles. The van der Waals surface area contributed by atoms with Crippen molar-refractivity contribution < 1.29 is 22.1 Å². The second-order valence-corrected chi connectivity index (χ2v) is 19.3. The summed E-state index contributed by atoms with van der Waals surface area (Å²) < 4.78 is 30.5. The normalized spacial score (nSPS) is 15.6. The Bertz CT molecular complexity index is 355. The lowest BCUT2D eigenvalue weighted by Crippen LogP contribution is -2.66. The van der Waals surface area contributed by atoms with Crippen molar-refractivity contribution >= 4 is 25.4 Å². The van der Waals surface area contributed by atoms with Gasteiger partial charge in [-0.3, -0.25) is 0 Å². The molecule has 0 aromatic rings. The van der Waals surface area contributed by atoms with E-state index in [9.17, 15) is 0 Å². The van der Waals surface area contributed by atoms with Crippen LogP contribution in [-0.2, 0) is 22.1 Å². The van der Waals surface area contributed by atoms with Gasteiger partial charge in [-0.05, 0) is 52.0 Å². The summed E-state index contributed by atoms with van der Waals surface area (Å²) in [6, 6.07) is 0. The van der Waals surface area contributed by atoms with E-state index >= 15 is 0 Å². The smallest absolute Gasteiger partial charge is 0.412 e. The predicted octanol–water partition coefficient (Wildman–Crippen LogP) is 4.35. The van der Waals surface area contributed by atoms with Gasteiger partial charge in [0.15, 0.2) is 8.32 Å². The molecule has 0 radical (unpaired) electrons. The zero-order valence-corrected chi connectivity index (χ0v) is 20.7. The fourth-order valence-corrected chi connectivity index (χ4v) is 12.9. The molecule has 1 atom stereocenters. The van der Waals surface area contributed by atoms with E-state index in [0.29, 0.717) is 0 Å². The summed E-state index contributed by atoms with van der Waals surface area (Å²) in [7, 11) is -1.85. The van der Waals surface area contributed by atoms with Gasteiger partial charge in [0, 0.05) is 21.3 Å². The fourth-order valence-electron chi connectivity index (χ4n) is 3.47. The van der Waals surface area contributed by atoms with Crippen LogP contribution >= 0.6 is 0 Å². The zero-order valence-electron chi connectivity index (χ0n) is 17.7. The van der Waals surface area contributed by atoms with E-state index in [1.807, 2.05) is 0 Å². The van der Waals surface area contributed by atoms with Crippen LogP contribution in [0.1, 0.15) is 40.0 Å². The first-order valence-electron chi connectivity index (χ1n) is 8.96. The number of hydrogen-bond donors (Lipinski definition) is 0. The van der Waals surface area contributed by atoms with Gasteiger partial charge < -0.3 is 22.1 Å². The molecule has 5 nitrogen and oxygen atoms in total. The summed E-state index contributed by atoms with van der Waals surface area (Å²) in [6.45, 7) is 17.7. The van der Waals surface area contributed by atoms with Crippen molar-refractivity contribution in [2.75, 3.05) is 21.3 Å². The van der Waals surface area contributed by atoms with Gasteiger partial charge in [-0.15, -0.1) is 0 Å². The molecule has 0 saturated carbocycles. The maximum Gasteiger partial charge on any atom is 0.529 e. The van der Waals surface area contributed by atoms with Crippen molar-refractivity contribution in [3.05, 3.63) is 0 Å². The Kier molecular flexibility index (Phi) is 9.58. The minimum absolute atomic E-state index is 0.179. The Morgan fingerprint density at radius 2 is 1.21 bits per heavy atom. The molecule has 0 amide bonds. The molecule has 0 aromatic heterocycles. The summed E-state index contributed by atoms with van der Waals surface area (Å²) in [4.78, 5) is 0. The molecule has 24 heavy (non-hydrogen) atoms. The monoisotopic (exact) mass is 396 g/mol. The lowest BCUT2D eigenvalue weighted by molar-refractivity contribution is 0.0426. The first-order chi connectivity index (χ1) is 10.9. The minimum atomic E-state index is -2.85. The van der Waals surface area contributed by atoms with Crippen LogP contribution in [0.15, 0.2) is 0 Å². The molecule has 0 bridgehead atoms. The van der Waals surface area contributed by atoms with Crippen molar-refractivity contribution in [1.82, 2.24) is 0 Å². The molecular weight excluding hydrogens is 356 g/mol. The van der Waals surface area contributed by atoms with Gasteiger partial charge in [-0.2, -0.15) is 0 Å². The molecule has 0 aliphatic carbocycles. The van der Waals surface area contributed by atoms with Gasteiger partial charge in [0.2, 0.25) is 8.32 Å². The standard InChI is InChI=1S/C16H40O5Si3/c1-12-15(24(17-4,18-5)19-6)20-23(10,11)16(13-2,14-3)21-22(7,8)9/h15H,12-14H2,1-11H3. The topological polar surface area (TPSA) is 46.2 Å². The second-order valence-electron chi connectivity index (χ2n) is 7.66. The average Bonchev–Trinajstić information content (AvgIpc) is 2.52. The summed E-state index contributed by atoms with van der Waals surface area (Å²) >= 11 is 0. The highest BCUT2D eigenvalue weighted by Gasteiger charge is 2.55. The van der Waals surface area contributed by atoms with Gasteiger partial charge in [0.05, 0.1) is 5.22 Å². The fraction of sp³-hybridized carbons (Fsp3) is 1.00. The maximum absolute atomic E-state index is 6.74. The molecular formula is C16H40O5Si3. The Labute approximate surface area is 153 Å². The molecule has 0 aliphatic rings. The van der Waals surface area contributed by atoms with Crippen LogP contribution in [0, 0.1) is 0 Å². The number of hydrogen-bond acceptors (Lipinski definition) is 5. The van der Waals surface area contributed by atoms with Gasteiger partial charge in [0.25, 0.3) is 0 Å². The van der Waals surface area contributed by atoms with Crippen LogP contribution < -0.4 is 0 Å². The molecule has 0 spiro atoms. The Morgan fingerprint density at radius 3 is 1.46 bits per heavy atom. The molecule has 0 aromatic carbocycles. The molecule has 146 valence electrons. The van der Waals surface area contributed by atoms with Gasteiger partial charge >= 0.3 is 8.80 Å². The summed E-state index contributed by atoms with van der Waals surface area (Å²) in [5.74, 6) is 0. The molecule has 0 fully saturated rings. The summed E-state index contributed by atoms with van der Waals surface area (Å²) in [6.07, 6.45) is 2.69. The molecule has 0 rings (SSSR count). The molecule has 1 unspecified atom stereocenters. The van der Waals surface area contributed by atoms with E-state index in [4.69, 9.17) is 22.1 Å². The molecule has 0 N–H and O–H groups in total. The van der Waals surface area contributed by atoms with Crippen LogP contribution in [0.5, 0.6) is 0 Å². The van der Waals surface area contributed by atoms with Crippen LogP contribution in [-0.4, -0.2) is 57.7 Å². The van der Waals surface area contributed by atoms with Crippen molar-refractivity contribution in [3.8, 4) is 0 Å². The first-order valence-corrected chi connectivity index (χ1v) is 17.1. The summed E-state index contributed by atoms with van der Waals surface area (Å²) in [5, 5.41) is -0.208. The highest BCUT2D eigenvalue weighted by Crippen LogP contribution is 2.37. The quantitative estimate of drug-likeness (QED) is 0.459. The van der Waals surface area contributed by atoms with E-state index < -0.39 is 25.4 Å². The van der Waals surface area contributed by atoms with Crippen molar-refractivity contribution in [2.24, 2.45) is 0 Å². The third-order valence-corrected chi connectivity index (χ3v) is 13.1. The molecule has 0 aliphatic heterocycles. The van der Waals surface area contributed by atoms with Crippen molar-refractivity contribution in [1.29, 1.82) is 0 Å². The van der Waals surface area contributed by atoms with E-state index in [1.54, 1.807) is 21.3 Å². The van der Waals surface area contributed by atoms with E-state index in [2.05, 4.69) is 53.5 Å². The van der Waals surface area contributed by atoms with E-state index in [1.165, 1.54) is 0 Å². The van der Waals surface area contributed by atoms with E-state index in [-0.39, 0.29) is 11.0 Å². The maximum atomic E-state index is 6.74. The van der Waals surface area contributed by atoms with Gasteiger partial charge in [0.1, 0.15) is 5.73 Å². The Hall–Kier alpha value is 0.451. The first kappa shape index (κ1) is 24.5. The lowest BCUT2D eigenvalue weighted by Gasteiger charge is -2.49. The highest BCUT2D eigenvalue weighted by molar-refractivity contribution is 6.77. The Balaban J connectivity index is 5.73. The van der Waals surface area contributed by atoms with Crippen LogP contribution in [0.25, 0.3) is 0 Å². The van der Waals surface area contributed by atoms with Crippen molar-refractivity contribution in [2.45, 2.75) is 83.7 Å². The third-order valence-electron chi connectivity index (χ3n) is 4.80. The van der Waals surface area contributed by atoms with Crippen LogP contribution in [0.4, 0.5) is 0 Å². The lowest BCUT2D eigenvalue weighted by atomic mass is 10.2. The zero-order chi connectivity index (χ0) is 19.2. The van der Waals surface area contributed by atoms with Crippen LogP contribution in [0.2, 0.25) is 32.7 Å². The van der Waals surface area contributed by atoms with Gasteiger partial charge in [-0.1, -0.05) is 20.8 Å². The SMILES string of the molecule is CCC(O[Si](C)(C)C(CC)(CC)O[Si](C)(C)C)[Si](OC)(OC)OC. The van der Waals surface area contributed by atoms with Crippen molar-refractivity contribution in [3.63, 3.8) is 0 Å². The third kappa shape index (κ3) is 5.47.